The van der Waals surface area contributed by atoms with E-state index >= 15 is 0 Å². The van der Waals surface area contributed by atoms with Gasteiger partial charge in [0.2, 0.25) is 0 Å². The molecule has 2 rings (SSSR count). The Morgan fingerprint density at radius 1 is 1.11 bits per heavy atom. The average molecular weight is 254 g/mol. The molecule has 2 aromatic rings. The molecule has 0 heterocycles. The maximum atomic E-state index is 12.5. The number of hydrogen-bond donors (Lipinski definition) is 1. The Morgan fingerprint density at radius 2 is 1.79 bits per heavy atom. The summed E-state index contributed by atoms with van der Waals surface area (Å²) in [5.41, 5.74) is 9.93. The zero-order valence-corrected chi connectivity index (χ0v) is 11.5. The van der Waals surface area contributed by atoms with Crippen LogP contribution in [0.4, 0.5) is 11.4 Å². The summed E-state index contributed by atoms with van der Waals surface area (Å²) in [4.78, 5) is 14.2. The van der Waals surface area contributed by atoms with Gasteiger partial charge in [-0.05, 0) is 37.6 Å². The van der Waals surface area contributed by atoms with Gasteiger partial charge in [-0.3, -0.25) is 4.79 Å². The number of anilines is 2. The summed E-state index contributed by atoms with van der Waals surface area (Å²) in [6.45, 7) is 3.93. The summed E-state index contributed by atoms with van der Waals surface area (Å²) in [5, 5.41) is 0. The first-order chi connectivity index (χ1) is 9.00. The zero-order valence-electron chi connectivity index (χ0n) is 11.5. The van der Waals surface area contributed by atoms with Crippen LogP contribution in [0.5, 0.6) is 0 Å². The maximum absolute atomic E-state index is 12.5. The lowest BCUT2D eigenvalue weighted by atomic mass is 10.1. The van der Waals surface area contributed by atoms with Crippen LogP contribution >= 0.6 is 0 Å². The van der Waals surface area contributed by atoms with Crippen molar-refractivity contribution in [3.05, 3.63) is 59.2 Å². The summed E-state index contributed by atoms with van der Waals surface area (Å²) in [7, 11) is 1.77. The molecular formula is C16H18N2O. The Labute approximate surface area is 113 Å². The molecule has 0 aliphatic rings. The molecule has 0 spiro atoms. The number of hydrogen-bond acceptors (Lipinski definition) is 2. The highest BCUT2D eigenvalue weighted by Gasteiger charge is 2.17. The first-order valence-electron chi connectivity index (χ1n) is 6.20. The molecule has 98 valence electrons. The standard InChI is InChI=1S/C16H18N2O/c1-11-8-9-14(17)13(10-11)16(19)18(3)15-7-5-4-6-12(15)2/h4-10H,17H2,1-3H3. The molecule has 0 atom stereocenters. The van der Waals surface area contributed by atoms with E-state index < -0.39 is 0 Å². The second kappa shape index (κ2) is 5.14. The fourth-order valence-electron chi connectivity index (χ4n) is 2.09. The van der Waals surface area contributed by atoms with E-state index in [1.165, 1.54) is 0 Å². The van der Waals surface area contributed by atoms with Gasteiger partial charge < -0.3 is 10.6 Å². The Kier molecular flexibility index (Phi) is 3.56. The normalized spacial score (nSPS) is 10.3. The molecular weight excluding hydrogens is 236 g/mol. The molecule has 3 nitrogen and oxygen atoms in total. The van der Waals surface area contributed by atoms with Crippen molar-refractivity contribution in [1.82, 2.24) is 0 Å². The van der Waals surface area contributed by atoms with Crippen LogP contribution < -0.4 is 10.6 Å². The number of benzene rings is 2. The summed E-state index contributed by atoms with van der Waals surface area (Å²) >= 11 is 0. The van der Waals surface area contributed by atoms with Gasteiger partial charge in [0.15, 0.2) is 0 Å². The van der Waals surface area contributed by atoms with E-state index in [0.717, 1.165) is 16.8 Å². The topological polar surface area (TPSA) is 46.3 Å². The number of nitrogens with zero attached hydrogens (tertiary/aromatic N) is 1. The number of nitrogen functional groups attached to an aromatic ring is 1. The third kappa shape index (κ3) is 2.60. The van der Waals surface area contributed by atoms with E-state index in [9.17, 15) is 4.79 Å². The third-order valence-electron chi connectivity index (χ3n) is 3.22. The molecule has 0 aromatic heterocycles. The number of nitrogens with two attached hydrogens (primary N) is 1. The van der Waals surface area contributed by atoms with Crippen LogP contribution in [0.25, 0.3) is 0 Å². The van der Waals surface area contributed by atoms with Crippen molar-refractivity contribution >= 4 is 17.3 Å². The highest BCUT2D eigenvalue weighted by molar-refractivity contribution is 6.09. The molecule has 0 aliphatic carbocycles. The van der Waals surface area contributed by atoms with E-state index in [2.05, 4.69) is 0 Å². The van der Waals surface area contributed by atoms with Crippen molar-refractivity contribution in [2.75, 3.05) is 17.7 Å². The first-order valence-corrected chi connectivity index (χ1v) is 6.20. The van der Waals surface area contributed by atoms with Gasteiger partial charge in [0.05, 0.1) is 5.56 Å². The second-order valence-electron chi connectivity index (χ2n) is 4.74. The molecule has 0 unspecified atom stereocenters. The fraction of sp³-hybridized carbons (Fsp3) is 0.188. The van der Waals surface area contributed by atoms with E-state index in [0.29, 0.717) is 11.3 Å². The van der Waals surface area contributed by atoms with Gasteiger partial charge in [0, 0.05) is 18.4 Å². The molecule has 3 heteroatoms. The minimum Gasteiger partial charge on any atom is -0.398 e. The largest absolute Gasteiger partial charge is 0.398 e. The number of amides is 1. The predicted molar refractivity (Wildman–Crippen MR) is 79.5 cm³/mol. The van der Waals surface area contributed by atoms with Crippen LogP contribution in [-0.2, 0) is 0 Å². The van der Waals surface area contributed by atoms with E-state index in [1.807, 2.05) is 50.2 Å². The summed E-state index contributed by atoms with van der Waals surface area (Å²) in [5.74, 6) is -0.0875. The quantitative estimate of drug-likeness (QED) is 0.837. The first kappa shape index (κ1) is 13.1. The number of rotatable bonds is 2. The molecule has 2 N–H and O–H groups in total. The van der Waals surface area contributed by atoms with Gasteiger partial charge >= 0.3 is 0 Å². The summed E-state index contributed by atoms with van der Waals surface area (Å²) in [6, 6.07) is 13.3. The minimum absolute atomic E-state index is 0.0875. The highest BCUT2D eigenvalue weighted by Crippen LogP contribution is 2.22. The molecule has 0 saturated carbocycles. The molecule has 0 radical (unpaired) electrons. The van der Waals surface area contributed by atoms with Crippen molar-refractivity contribution in [2.45, 2.75) is 13.8 Å². The lowest BCUT2D eigenvalue weighted by Crippen LogP contribution is -2.27. The molecule has 0 aliphatic heterocycles. The Balaban J connectivity index is 2.39. The van der Waals surface area contributed by atoms with Crippen LogP contribution in [0.15, 0.2) is 42.5 Å². The molecule has 0 saturated heterocycles. The van der Waals surface area contributed by atoms with Crippen LogP contribution in [0.3, 0.4) is 0 Å². The van der Waals surface area contributed by atoms with E-state index in [-0.39, 0.29) is 5.91 Å². The Hall–Kier alpha value is -2.29. The van der Waals surface area contributed by atoms with Gasteiger partial charge in [-0.15, -0.1) is 0 Å². The van der Waals surface area contributed by atoms with Crippen molar-refractivity contribution in [3.63, 3.8) is 0 Å². The Bertz CT molecular complexity index is 620. The predicted octanol–water partition coefficient (Wildman–Crippen LogP) is 3.16. The monoisotopic (exact) mass is 254 g/mol. The second-order valence-corrected chi connectivity index (χ2v) is 4.74. The van der Waals surface area contributed by atoms with Gasteiger partial charge in [-0.2, -0.15) is 0 Å². The summed E-state index contributed by atoms with van der Waals surface area (Å²) < 4.78 is 0. The van der Waals surface area contributed by atoms with Crippen molar-refractivity contribution in [3.8, 4) is 0 Å². The average Bonchev–Trinajstić information content (AvgIpc) is 2.40. The lowest BCUT2D eigenvalue weighted by molar-refractivity contribution is 0.0993. The Morgan fingerprint density at radius 3 is 2.47 bits per heavy atom. The van der Waals surface area contributed by atoms with Crippen LogP contribution in [0.2, 0.25) is 0 Å². The molecule has 0 bridgehead atoms. The maximum Gasteiger partial charge on any atom is 0.260 e. The number of para-hydroxylation sites is 1. The molecule has 19 heavy (non-hydrogen) atoms. The van der Waals surface area contributed by atoms with Gasteiger partial charge in [-0.1, -0.05) is 29.8 Å². The highest BCUT2D eigenvalue weighted by atomic mass is 16.2. The van der Waals surface area contributed by atoms with Gasteiger partial charge in [0.25, 0.3) is 5.91 Å². The molecule has 1 amide bonds. The van der Waals surface area contributed by atoms with E-state index in [4.69, 9.17) is 5.73 Å². The van der Waals surface area contributed by atoms with Crippen LogP contribution in [0.1, 0.15) is 21.5 Å². The van der Waals surface area contributed by atoms with Crippen molar-refractivity contribution < 1.29 is 4.79 Å². The van der Waals surface area contributed by atoms with Gasteiger partial charge in [-0.25, -0.2) is 0 Å². The number of carbonyl (C=O) groups excluding carboxylic acids is 1. The van der Waals surface area contributed by atoms with Crippen LogP contribution in [-0.4, -0.2) is 13.0 Å². The SMILES string of the molecule is Cc1ccc(N)c(C(=O)N(C)c2ccccc2C)c1. The summed E-state index contributed by atoms with van der Waals surface area (Å²) in [6.07, 6.45) is 0. The van der Waals surface area contributed by atoms with Crippen molar-refractivity contribution in [2.24, 2.45) is 0 Å². The van der Waals surface area contributed by atoms with Crippen molar-refractivity contribution in [1.29, 1.82) is 0 Å². The zero-order chi connectivity index (χ0) is 14.0. The molecule has 0 fully saturated rings. The minimum atomic E-state index is -0.0875. The third-order valence-corrected chi connectivity index (χ3v) is 3.22. The van der Waals surface area contributed by atoms with Gasteiger partial charge in [0.1, 0.15) is 0 Å². The molecule has 2 aromatic carbocycles. The smallest absolute Gasteiger partial charge is 0.260 e. The van der Waals surface area contributed by atoms with Crippen LogP contribution in [0, 0.1) is 13.8 Å². The number of aryl methyl sites for hydroxylation is 2. The van der Waals surface area contributed by atoms with E-state index in [1.54, 1.807) is 18.0 Å². The fourth-order valence-corrected chi connectivity index (χ4v) is 2.09. The number of carbonyl (C=O) groups is 1. The lowest BCUT2D eigenvalue weighted by Gasteiger charge is -2.20.